The molecule has 176 valence electrons. The second kappa shape index (κ2) is 9.91. The topological polar surface area (TPSA) is 70.3 Å². The lowest BCUT2D eigenvalue weighted by atomic mass is 10.0. The number of para-hydroxylation sites is 2. The molecule has 2 aromatic carbocycles. The number of amides is 1. The minimum Gasteiger partial charge on any atom is -0.467 e. The lowest BCUT2D eigenvalue weighted by Gasteiger charge is -2.31. The smallest absolute Gasteiger partial charge is 0.265 e. The monoisotopic (exact) mass is 478 g/mol. The summed E-state index contributed by atoms with van der Waals surface area (Å²) in [4.78, 5) is 15.9. The lowest BCUT2D eigenvalue weighted by Crippen LogP contribution is -2.40. The summed E-state index contributed by atoms with van der Waals surface area (Å²) in [7, 11) is 0. The van der Waals surface area contributed by atoms with E-state index in [0.29, 0.717) is 30.4 Å². The molecular formula is C26H27ClN4O3. The molecule has 0 bridgehead atoms. The Balaban J connectivity index is 1.39. The summed E-state index contributed by atoms with van der Waals surface area (Å²) in [6.45, 7) is 4.91. The van der Waals surface area contributed by atoms with Crippen LogP contribution in [0.2, 0.25) is 5.02 Å². The number of furan rings is 1. The molecule has 34 heavy (non-hydrogen) atoms. The van der Waals surface area contributed by atoms with Crippen LogP contribution in [0.4, 0.5) is 11.4 Å². The van der Waals surface area contributed by atoms with Crippen molar-refractivity contribution in [2.45, 2.75) is 25.4 Å². The molecule has 1 aromatic heterocycles. The normalized spacial score (nSPS) is 19.1. The molecule has 7 nitrogen and oxygen atoms in total. The van der Waals surface area contributed by atoms with Crippen LogP contribution < -0.4 is 10.2 Å². The van der Waals surface area contributed by atoms with Gasteiger partial charge in [-0.1, -0.05) is 35.9 Å². The van der Waals surface area contributed by atoms with Crippen molar-refractivity contribution in [3.8, 4) is 0 Å². The van der Waals surface area contributed by atoms with Gasteiger partial charge >= 0.3 is 0 Å². The predicted octanol–water partition coefficient (Wildman–Crippen LogP) is 4.95. The van der Waals surface area contributed by atoms with E-state index in [1.54, 1.807) is 11.3 Å². The molecule has 5 rings (SSSR count). The van der Waals surface area contributed by atoms with Crippen LogP contribution in [0.5, 0.6) is 0 Å². The van der Waals surface area contributed by atoms with Gasteiger partial charge in [0.15, 0.2) is 0 Å². The molecule has 3 heterocycles. The van der Waals surface area contributed by atoms with Gasteiger partial charge in [0.1, 0.15) is 17.8 Å². The summed E-state index contributed by atoms with van der Waals surface area (Å²) in [6, 6.07) is 18.5. The molecule has 0 unspecified atom stereocenters. The molecule has 1 amide bonds. The molecule has 3 aromatic rings. The van der Waals surface area contributed by atoms with Gasteiger partial charge in [-0.25, -0.2) is 5.01 Å². The second-order valence-corrected chi connectivity index (χ2v) is 8.89. The van der Waals surface area contributed by atoms with Gasteiger partial charge in [-0.2, -0.15) is 5.10 Å². The first-order valence-electron chi connectivity index (χ1n) is 11.5. The van der Waals surface area contributed by atoms with Crippen molar-refractivity contribution in [1.82, 2.24) is 5.01 Å². The quantitative estimate of drug-likeness (QED) is 0.543. The Kier molecular flexibility index (Phi) is 6.56. The van der Waals surface area contributed by atoms with E-state index in [0.717, 1.165) is 35.7 Å². The highest BCUT2D eigenvalue weighted by Gasteiger charge is 2.37. The number of hydrogen-bond donors (Lipinski definition) is 1. The zero-order chi connectivity index (χ0) is 23.5. The number of anilines is 2. The third-order valence-corrected chi connectivity index (χ3v) is 6.44. The van der Waals surface area contributed by atoms with E-state index in [4.69, 9.17) is 25.9 Å². The molecule has 2 aliphatic rings. The molecule has 1 saturated heterocycles. The van der Waals surface area contributed by atoms with Gasteiger partial charge in [-0.05, 0) is 48.9 Å². The SMILES string of the molecule is C[C@H](Nc1ccccc1N1CCOCC1)C(=O)N1N=C(c2ccc(Cl)cc2)C[C@@H]1c1ccco1. The van der Waals surface area contributed by atoms with E-state index in [2.05, 4.69) is 16.3 Å². The van der Waals surface area contributed by atoms with Crippen LogP contribution in [0.3, 0.4) is 0 Å². The van der Waals surface area contributed by atoms with Crippen LogP contribution in [0.15, 0.2) is 76.4 Å². The fourth-order valence-electron chi connectivity index (χ4n) is 4.40. The average Bonchev–Trinajstić information content (AvgIpc) is 3.55. The maximum Gasteiger partial charge on any atom is 0.265 e. The Morgan fingerprint density at radius 1 is 1.09 bits per heavy atom. The first-order chi connectivity index (χ1) is 16.6. The number of hydrazone groups is 1. The van der Waals surface area contributed by atoms with Crippen molar-refractivity contribution >= 4 is 34.6 Å². The fraction of sp³-hybridized carbons (Fsp3) is 0.308. The minimum absolute atomic E-state index is 0.123. The number of halogens is 1. The number of morpholine rings is 1. The van der Waals surface area contributed by atoms with Gasteiger partial charge in [-0.15, -0.1) is 0 Å². The minimum atomic E-state index is -0.493. The van der Waals surface area contributed by atoms with E-state index >= 15 is 0 Å². The molecule has 1 fully saturated rings. The van der Waals surface area contributed by atoms with Crippen molar-refractivity contribution in [3.05, 3.63) is 83.3 Å². The number of nitrogens with zero attached hydrogens (tertiary/aromatic N) is 3. The maximum atomic E-state index is 13.6. The Morgan fingerprint density at radius 3 is 2.59 bits per heavy atom. The molecule has 2 aliphatic heterocycles. The van der Waals surface area contributed by atoms with Gasteiger partial charge in [0.05, 0.1) is 36.6 Å². The molecule has 0 saturated carbocycles. The Bertz CT molecular complexity index is 1160. The van der Waals surface area contributed by atoms with Crippen molar-refractivity contribution in [2.24, 2.45) is 5.10 Å². The Hall–Kier alpha value is -3.29. The highest BCUT2D eigenvalue weighted by Crippen LogP contribution is 2.34. The van der Waals surface area contributed by atoms with Crippen LogP contribution in [0.25, 0.3) is 0 Å². The largest absolute Gasteiger partial charge is 0.467 e. The van der Waals surface area contributed by atoms with E-state index < -0.39 is 6.04 Å². The molecule has 0 radical (unpaired) electrons. The van der Waals surface area contributed by atoms with E-state index in [1.165, 1.54) is 0 Å². The standard InChI is InChI=1S/C26H27ClN4O3/c1-18(28-21-5-2-3-6-23(21)30-12-15-33-16-13-30)26(32)31-24(25-7-4-14-34-25)17-22(29-31)19-8-10-20(27)11-9-19/h2-11,14,18,24,28H,12-13,15-17H2,1H3/t18-,24+/m0/s1. The first-order valence-corrected chi connectivity index (χ1v) is 11.9. The average molecular weight is 479 g/mol. The summed E-state index contributed by atoms with van der Waals surface area (Å²) in [5, 5.41) is 10.4. The Labute approximate surface area is 203 Å². The van der Waals surface area contributed by atoms with Gasteiger partial charge in [0, 0.05) is 24.5 Å². The summed E-state index contributed by atoms with van der Waals surface area (Å²) in [6.07, 6.45) is 2.19. The zero-order valence-corrected chi connectivity index (χ0v) is 19.7. The van der Waals surface area contributed by atoms with Crippen molar-refractivity contribution in [2.75, 3.05) is 36.5 Å². The lowest BCUT2D eigenvalue weighted by molar-refractivity contribution is -0.133. The molecule has 1 N–H and O–H groups in total. The summed E-state index contributed by atoms with van der Waals surface area (Å²) < 4.78 is 11.2. The third-order valence-electron chi connectivity index (χ3n) is 6.18. The van der Waals surface area contributed by atoms with Crippen LogP contribution >= 0.6 is 11.6 Å². The zero-order valence-electron chi connectivity index (χ0n) is 19.0. The predicted molar refractivity (Wildman–Crippen MR) is 133 cm³/mol. The second-order valence-electron chi connectivity index (χ2n) is 8.45. The number of nitrogens with one attached hydrogen (secondary N) is 1. The van der Waals surface area contributed by atoms with Crippen molar-refractivity contribution in [3.63, 3.8) is 0 Å². The van der Waals surface area contributed by atoms with Crippen LogP contribution in [-0.2, 0) is 9.53 Å². The van der Waals surface area contributed by atoms with Crippen LogP contribution in [-0.4, -0.2) is 49.0 Å². The van der Waals surface area contributed by atoms with Crippen LogP contribution in [0, 0.1) is 0 Å². The number of ether oxygens (including phenoxy) is 1. The van der Waals surface area contributed by atoms with Crippen LogP contribution in [0.1, 0.15) is 30.7 Å². The number of rotatable bonds is 6. The van der Waals surface area contributed by atoms with E-state index in [-0.39, 0.29) is 11.9 Å². The van der Waals surface area contributed by atoms with Crippen molar-refractivity contribution in [1.29, 1.82) is 0 Å². The maximum absolute atomic E-state index is 13.6. The van der Waals surface area contributed by atoms with Gasteiger partial charge in [-0.3, -0.25) is 4.79 Å². The fourth-order valence-corrected chi connectivity index (χ4v) is 4.53. The van der Waals surface area contributed by atoms with Gasteiger partial charge in [0.2, 0.25) is 0 Å². The summed E-state index contributed by atoms with van der Waals surface area (Å²) in [5.74, 6) is 0.587. The number of carbonyl (C=O) groups is 1. The number of hydrogen-bond acceptors (Lipinski definition) is 6. The van der Waals surface area contributed by atoms with E-state index in [9.17, 15) is 4.79 Å². The first kappa shape index (κ1) is 22.5. The van der Waals surface area contributed by atoms with Gasteiger partial charge in [0.25, 0.3) is 5.91 Å². The molecule has 0 aliphatic carbocycles. The van der Waals surface area contributed by atoms with Gasteiger partial charge < -0.3 is 19.4 Å². The molecule has 2 atom stereocenters. The Morgan fingerprint density at radius 2 is 1.85 bits per heavy atom. The molecular weight excluding hydrogens is 452 g/mol. The molecule has 0 spiro atoms. The summed E-state index contributed by atoms with van der Waals surface area (Å²) >= 11 is 6.06. The highest BCUT2D eigenvalue weighted by atomic mass is 35.5. The highest BCUT2D eigenvalue weighted by molar-refractivity contribution is 6.30. The van der Waals surface area contributed by atoms with E-state index in [1.807, 2.05) is 61.5 Å². The summed E-state index contributed by atoms with van der Waals surface area (Å²) in [5.41, 5.74) is 3.75. The molecule has 8 heteroatoms. The third kappa shape index (κ3) is 4.67. The number of carbonyl (C=O) groups excluding carboxylic acids is 1. The number of benzene rings is 2. The van der Waals surface area contributed by atoms with Crippen molar-refractivity contribution < 1.29 is 13.9 Å².